The van der Waals surface area contributed by atoms with Crippen molar-refractivity contribution in [3.05, 3.63) is 28.4 Å². The first-order valence-corrected chi connectivity index (χ1v) is 6.55. The summed E-state index contributed by atoms with van der Waals surface area (Å²) in [4.78, 5) is 22.9. The van der Waals surface area contributed by atoms with Gasteiger partial charge in [-0.25, -0.2) is 4.98 Å². The molecule has 0 amide bonds. The first kappa shape index (κ1) is 12.0. The Bertz CT molecular complexity index is 655. The minimum absolute atomic E-state index is 0.177. The Balaban J connectivity index is 2.06. The summed E-state index contributed by atoms with van der Waals surface area (Å²) in [6, 6.07) is 0.445. The van der Waals surface area contributed by atoms with Gasteiger partial charge in [-0.15, -0.1) is 0 Å². The van der Waals surface area contributed by atoms with Gasteiger partial charge >= 0.3 is 0 Å². The molecule has 2 heterocycles. The first-order chi connectivity index (χ1) is 9.20. The molecule has 0 atom stereocenters. The number of rotatable bonds is 4. The van der Waals surface area contributed by atoms with E-state index in [0.717, 1.165) is 25.0 Å². The highest BCUT2D eigenvalue weighted by molar-refractivity contribution is 5.50. The molecule has 2 aromatic heterocycles. The van der Waals surface area contributed by atoms with Crippen molar-refractivity contribution >= 4 is 0 Å². The molecule has 6 nitrogen and oxygen atoms in total. The number of nitrogens with one attached hydrogen (secondary N) is 1. The summed E-state index contributed by atoms with van der Waals surface area (Å²) in [5.74, 6) is 0.205. The average molecular weight is 260 g/mol. The maximum atomic E-state index is 12.0. The molecular weight excluding hydrogens is 244 g/mol. The fourth-order valence-electron chi connectivity index (χ4n) is 2.21. The van der Waals surface area contributed by atoms with Gasteiger partial charge in [0.15, 0.2) is 5.82 Å². The minimum atomic E-state index is -0.270. The highest BCUT2D eigenvalue weighted by atomic mass is 16.3. The van der Waals surface area contributed by atoms with Gasteiger partial charge in [0.2, 0.25) is 5.88 Å². The van der Waals surface area contributed by atoms with Crippen LogP contribution < -0.4 is 5.56 Å². The van der Waals surface area contributed by atoms with Crippen LogP contribution in [0.3, 0.4) is 0 Å². The lowest BCUT2D eigenvalue weighted by molar-refractivity contribution is 0.443. The number of hydrogen-bond donors (Lipinski definition) is 2. The summed E-state index contributed by atoms with van der Waals surface area (Å²) >= 11 is 0. The molecule has 6 heteroatoms. The second kappa shape index (κ2) is 4.53. The Morgan fingerprint density at radius 3 is 2.95 bits per heavy atom. The zero-order valence-electron chi connectivity index (χ0n) is 10.8. The smallest absolute Gasteiger partial charge is 0.258 e. The number of aromatic nitrogens is 4. The van der Waals surface area contributed by atoms with E-state index in [0.29, 0.717) is 23.9 Å². The van der Waals surface area contributed by atoms with Crippen molar-refractivity contribution in [2.24, 2.45) is 0 Å². The van der Waals surface area contributed by atoms with Crippen LogP contribution >= 0.6 is 0 Å². The lowest BCUT2D eigenvalue weighted by atomic mass is 10.2. The number of aromatic hydroxyl groups is 1. The highest BCUT2D eigenvalue weighted by Crippen LogP contribution is 2.37. The third kappa shape index (κ3) is 2.14. The third-order valence-electron chi connectivity index (χ3n) is 3.34. The van der Waals surface area contributed by atoms with E-state index in [1.807, 2.05) is 11.5 Å². The van der Waals surface area contributed by atoms with Gasteiger partial charge < -0.3 is 14.7 Å². The van der Waals surface area contributed by atoms with Crippen molar-refractivity contribution < 1.29 is 5.11 Å². The Morgan fingerprint density at radius 1 is 1.53 bits per heavy atom. The van der Waals surface area contributed by atoms with Crippen LogP contribution in [0, 0.1) is 0 Å². The lowest BCUT2D eigenvalue weighted by Crippen LogP contribution is -2.16. The third-order valence-corrected chi connectivity index (χ3v) is 3.34. The largest absolute Gasteiger partial charge is 0.493 e. The summed E-state index contributed by atoms with van der Waals surface area (Å²) in [5.41, 5.74) is 0.828. The van der Waals surface area contributed by atoms with Crippen molar-refractivity contribution in [3.8, 4) is 17.4 Å². The van der Waals surface area contributed by atoms with Gasteiger partial charge in [-0.2, -0.15) is 4.98 Å². The van der Waals surface area contributed by atoms with Crippen LogP contribution in [-0.2, 0) is 6.42 Å². The molecule has 0 bridgehead atoms. The topological polar surface area (TPSA) is 83.8 Å². The molecule has 1 aliphatic rings. The molecule has 100 valence electrons. The average Bonchev–Trinajstić information content (AvgIpc) is 3.11. The van der Waals surface area contributed by atoms with Crippen LogP contribution in [0.2, 0.25) is 0 Å². The van der Waals surface area contributed by atoms with Gasteiger partial charge in [-0.3, -0.25) is 4.79 Å². The van der Waals surface area contributed by atoms with Gasteiger partial charge in [0.1, 0.15) is 5.69 Å². The second-order valence-electron chi connectivity index (χ2n) is 4.88. The van der Waals surface area contributed by atoms with Crippen LogP contribution in [0.5, 0.6) is 5.88 Å². The van der Waals surface area contributed by atoms with Crippen LogP contribution in [0.15, 0.2) is 17.3 Å². The van der Waals surface area contributed by atoms with E-state index in [2.05, 4.69) is 15.0 Å². The molecule has 1 aliphatic carbocycles. The number of hydrogen-bond acceptors (Lipinski definition) is 4. The molecule has 0 saturated heterocycles. The maximum absolute atomic E-state index is 12.0. The number of imidazole rings is 1. The SMILES string of the molecule is CCCc1c(O)nc(-c2cncn2C2CC2)[nH]c1=O. The summed E-state index contributed by atoms with van der Waals surface area (Å²) in [6.45, 7) is 1.95. The van der Waals surface area contributed by atoms with E-state index in [-0.39, 0.29) is 11.4 Å². The molecule has 3 rings (SSSR count). The van der Waals surface area contributed by atoms with Crippen LogP contribution in [0.1, 0.15) is 37.8 Å². The van der Waals surface area contributed by atoms with Crippen LogP contribution in [0.4, 0.5) is 0 Å². The normalized spacial score (nSPS) is 14.8. The number of aromatic amines is 1. The molecular formula is C13H16N4O2. The van der Waals surface area contributed by atoms with Crippen molar-refractivity contribution in [2.75, 3.05) is 0 Å². The molecule has 1 saturated carbocycles. The predicted octanol–water partition coefficient (Wildman–Crippen LogP) is 1.63. The Kier molecular flexibility index (Phi) is 2.85. The van der Waals surface area contributed by atoms with E-state index in [9.17, 15) is 9.90 Å². The van der Waals surface area contributed by atoms with Gasteiger partial charge in [-0.1, -0.05) is 13.3 Å². The van der Waals surface area contributed by atoms with E-state index in [1.54, 1.807) is 12.5 Å². The Morgan fingerprint density at radius 2 is 2.32 bits per heavy atom. The van der Waals surface area contributed by atoms with E-state index < -0.39 is 0 Å². The minimum Gasteiger partial charge on any atom is -0.493 e. The van der Waals surface area contributed by atoms with Gasteiger partial charge in [-0.05, 0) is 19.3 Å². The number of H-pyrrole nitrogens is 1. The zero-order valence-corrected chi connectivity index (χ0v) is 10.8. The summed E-state index contributed by atoms with van der Waals surface area (Å²) in [6.07, 6.45) is 6.95. The highest BCUT2D eigenvalue weighted by Gasteiger charge is 2.26. The second-order valence-corrected chi connectivity index (χ2v) is 4.88. The quantitative estimate of drug-likeness (QED) is 0.875. The standard InChI is InChI=1S/C13H16N4O2/c1-2-3-9-12(18)15-11(16-13(9)19)10-6-14-7-17(10)8-4-5-8/h6-8H,2-5H2,1H3,(H2,15,16,18,19). The maximum Gasteiger partial charge on any atom is 0.258 e. The van der Waals surface area contributed by atoms with Crippen molar-refractivity contribution in [1.29, 1.82) is 0 Å². The fraction of sp³-hybridized carbons (Fsp3) is 0.462. The van der Waals surface area contributed by atoms with Gasteiger partial charge in [0.05, 0.1) is 18.1 Å². The Hall–Kier alpha value is -2.11. The van der Waals surface area contributed by atoms with E-state index in [1.165, 1.54) is 0 Å². The van der Waals surface area contributed by atoms with Crippen LogP contribution in [-0.4, -0.2) is 24.6 Å². The predicted molar refractivity (Wildman–Crippen MR) is 70.0 cm³/mol. The van der Waals surface area contributed by atoms with Gasteiger partial charge in [0.25, 0.3) is 5.56 Å². The summed E-state index contributed by atoms with van der Waals surface area (Å²) in [7, 11) is 0. The van der Waals surface area contributed by atoms with Crippen molar-refractivity contribution in [1.82, 2.24) is 19.5 Å². The van der Waals surface area contributed by atoms with Gasteiger partial charge in [0, 0.05) is 6.04 Å². The molecule has 0 aromatic carbocycles. The van der Waals surface area contributed by atoms with E-state index in [4.69, 9.17) is 0 Å². The molecule has 0 unspecified atom stereocenters. The molecule has 1 fully saturated rings. The molecule has 2 N–H and O–H groups in total. The fourth-order valence-corrected chi connectivity index (χ4v) is 2.21. The monoisotopic (exact) mass is 260 g/mol. The molecule has 0 aliphatic heterocycles. The Labute approximate surface area is 110 Å². The molecule has 19 heavy (non-hydrogen) atoms. The molecule has 0 spiro atoms. The van der Waals surface area contributed by atoms with Crippen molar-refractivity contribution in [3.63, 3.8) is 0 Å². The summed E-state index contributed by atoms with van der Waals surface area (Å²) < 4.78 is 2.00. The molecule has 2 aromatic rings. The van der Waals surface area contributed by atoms with E-state index >= 15 is 0 Å². The van der Waals surface area contributed by atoms with Crippen molar-refractivity contribution in [2.45, 2.75) is 38.6 Å². The summed E-state index contributed by atoms with van der Waals surface area (Å²) in [5, 5.41) is 9.89. The molecule has 0 radical (unpaired) electrons. The lowest BCUT2D eigenvalue weighted by Gasteiger charge is -2.07. The first-order valence-electron chi connectivity index (χ1n) is 6.55. The zero-order chi connectivity index (χ0) is 13.4. The number of nitrogens with zero attached hydrogens (tertiary/aromatic N) is 3. The van der Waals surface area contributed by atoms with Crippen LogP contribution in [0.25, 0.3) is 11.5 Å².